The van der Waals surface area contributed by atoms with E-state index in [1.54, 1.807) is 0 Å². The highest BCUT2D eigenvalue weighted by molar-refractivity contribution is 5.94. The lowest BCUT2D eigenvalue weighted by Crippen LogP contribution is -2.33. The predicted molar refractivity (Wildman–Crippen MR) is 68.1 cm³/mol. The van der Waals surface area contributed by atoms with Crippen molar-refractivity contribution in [1.82, 2.24) is 0 Å². The van der Waals surface area contributed by atoms with Crippen LogP contribution in [0.25, 0.3) is 0 Å². The fraction of sp³-hybridized carbons (Fsp3) is 0.429. The number of halogens is 3. The Morgan fingerprint density at radius 1 is 1.14 bits per heavy atom. The van der Waals surface area contributed by atoms with Crippen LogP contribution < -0.4 is 5.32 Å². The monoisotopic (exact) mass is 301 g/mol. The maximum Gasteiger partial charge on any atom is 0.310 e. The highest BCUT2D eigenvalue weighted by atomic mass is 19.2. The van der Waals surface area contributed by atoms with E-state index in [0.29, 0.717) is 31.7 Å². The third-order valence-corrected chi connectivity index (χ3v) is 3.82. The van der Waals surface area contributed by atoms with Crippen LogP contribution in [-0.4, -0.2) is 17.0 Å². The summed E-state index contributed by atoms with van der Waals surface area (Å²) in [5, 5.41) is 11.4. The number of carbonyl (C=O) groups is 2. The van der Waals surface area contributed by atoms with Crippen LogP contribution in [0.5, 0.6) is 0 Å². The van der Waals surface area contributed by atoms with Gasteiger partial charge in [-0.1, -0.05) is 12.8 Å². The van der Waals surface area contributed by atoms with Gasteiger partial charge in [0.25, 0.3) is 0 Å². The fourth-order valence-electron chi connectivity index (χ4n) is 2.64. The van der Waals surface area contributed by atoms with Gasteiger partial charge in [0.05, 0.1) is 11.1 Å². The number of anilines is 1. The van der Waals surface area contributed by atoms with Crippen molar-refractivity contribution in [2.75, 3.05) is 5.32 Å². The van der Waals surface area contributed by atoms with E-state index in [4.69, 9.17) is 0 Å². The van der Waals surface area contributed by atoms with Gasteiger partial charge in [-0.15, -0.1) is 0 Å². The van der Waals surface area contributed by atoms with Crippen LogP contribution >= 0.6 is 0 Å². The number of carbonyl (C=O) groups excluding carboxylic acids is 1. The van der Waals surface area contributed by atoms with Crippen molar-refractivity contribution >= 4 is 17.6 Å². The Bertz CT molecular complexity index is 583. The van der Waals surface area contributed by atoms with E-state index in [1.807, 2.05) is 0 Å². The number of hydrogen-bond donors (Lipinski definition) is 2. The molecule has 4 nitrogen and oxygen atoms in total. The second-order valence-corrected chi connectivity index (χ2v) is 5.24. The van der Waals surface area contributed by atoms with Gasteiger partial charge in [-0.3, -0.25) is 9.59 Å². The molecular formula is C14H14F3NO3. The quantitative estimate of drug-likeness (QED) is 0.840. The number of carboxylic acids is 1. The molecule has 0 saturated heterocycles. The summed E-state index contributed by atoms with van der Waals surface area (Å²) in [6.07, 6.45) is 1.84. The lowest BCUT2D eigenvalue weighted by Gasteiger charge is -2.22. The van der Waals surface area contributed by atoms with Gasteiger partial charge in [0.1, 0.15) is 0 Å². The first-order valence-electron chi connectivity index (χ1n) is 6.52. The second kappa shape index (κ2) is 5.75. The van der Waals surface area contributed by atoms with Gasteiger partial charge in [-0.2, -0.15) is 0 Å². The molecule has 7 heteroatoms. The fourth-order valence-corrected chi connectivity index (χ4v) is 2.64. The average Bonchev–Trinajstić information content (AvgIpc) is 2.89. The molecule has 1 aliphatic rings. The number of benzene rings is 1. The first-order chi connectivity index (χ1) is 9.85. The molecule has 1 amide bonds. The van der Waals surface area contributed by atoms with Crippen molar-refractivity contribution in [3.63, 3.8) is 0 Å². The minimum Gasteiger partial charge on any atom is -0.481 e. The van der Waals surface area contributed by atoms with Crippen molar-refractivity contribution in [3.05, 3.63) is 29.6 Å². The Labute approximate surface area is 119 Å². The molecule has 2 N–H and O–H groups in total. The number of rotatable bonds is 4. The second-order valence-electron chi connectivity index (χ2n) is 5.24. The van der Waals surface area contributed by atoms with E-state index >= 15 is 0 Å². The minimum atomic E-state index is -1.68. The van der Waals surface area contributed by atoms with E-state index in [9.17, 15) is 27.9 Å². The van der Waals surface area contributed by atoms with Crippen molar-refractivity contribution in [1.29, 1.82) is 0 Å². The zero-order chi connectivity index (χ0) is 15.6. The van der Waals surface area contributed by atoms with Crippen LogP contribution in [0, 0.1) is 22.9 Å². The molecule has 114 valence electrons. The largest absolute Gasteiger partial charge is 0.481 e. The Balaban J connectivity index is 2.12. The van der Waals surface area contributed by atoms with Gasteiger partial charge in [-0.25, -0.2) is 13.2 Å². The van der Waals surface area contributed by atoms with Crippen molar-refractivity contribution < 1.29 is 27.9 Å². The zero-order valence-electron chi connectivity index (χ0n) is 11.1. The molecular weight excluding hydrogens is 287 g/mol. The predicted octanol–water partition coefficient (Wildman–Crippen LogP) is 3.08. The number of nitrogens with one attached hydrogen (secondary N) is 1. The van der Waals surface area contributed by atoms with Crippen LogP contribution in [0.3, 0.4) is 0 Å². The van der Waals surface area contributed by atoms with Gasteiger partial charge in [0, 0.05) is 6.42 Å². The molecule has 0 bridgehead atoms. The van der Waals surface area contributed by atoms with Crippen molar-refractivity contribution in [2.45, 2.75) is 32.1 Å². The van der Waals surface area contributed by atoms with E-state index in [1.165, 1.54) is 0 Å². The van der Waals surface area contributed by atoms with Crippen molar-refractivity contribution in [3.8, 4) is 0 Å². The summed E-state index contributed by atoms with van der Waals surface area (Å²) in [6.45, 7) is 0. The Hall–Kier alpha value is -2.05. The normalized spacial score (nSPS) is 16.7. The molecule has 0 radical (unpaired) electrons. The molecule has 21 heavy (non-hydrogen) atoms. The van der Waals surface area contributed by atoms with Gasteiger partial charge >= 0.3 is 5.97 Å². The molecule has 0 aliphatic heterocycles. The first kappa shape index (κ1) is 15.3. The maximum absolute atomic E-state index is 13.4. The molecule has 1 saturated carbocycles. The van der Waals surface area contributed by atoms with Crippen LogP contribution in [0.2, 0.25) is 0 Å². The summed E-state index contributed by atoms with van der Waals surface area (Å²) in [7, 11) is 0. The maximum atomic E-state index is 13.4. The lowest BCUT2D eigenvalue weighted by atomic mass is 9.82. The summed E-state index contributed by atoms with van der Waals surface area (Å²) >= 11 is 0. The Morgan fingerprint density at radius 2 is 1.76 bits per heavy atom. The highest BCUT2D eigenvalue weighted by Gasteiger charge is 2.43. The summed E-state index contributed by atoms with van der Waals surface area (Å²) in [5.74, 6) is -6.34. The standard InChI is InChI=1S/C14H14F3NO3/c15-8-3-4-9(12(17)11(8)16)18-10(19)7-14(13(20)21)5-1-2-6-14/h3-4H,1-2,5-7H2,(H,18,19)(H,20,21). The van der Waals surface area contributed by atoms with E-state index in [2.05, 4.69) is 5.32 Å². The molecule has 0 spiro atoms. The minimum absolute atomic E-state index is 0.319. The molecule has 0 atom stereocenters. The number of aliphatic carboxylic acids is 1. The van der Waals surface area contributed by atoms with E-state index in [0.717, 1.165) is 6.07 Å². The molecule has 0 heterocycles. The van der Waals surface area contributed by atoms with Gasteiger partial charge < -0.3 is 10.4 Å². The number of hydrogen-bond acceptors (Lipinski definition) is 2. The summed E-state index contributed by atoms with van der Waals surface area (Å²) < 4.78 is 39.3. The lowest BCUT2D eigenvalue weighted by molar-refractivity contribution is -0.150. The topological polar surface area (TPSA) is 66.4 Å². The Kier molecular flexibility index (Phi) is 4.20. The van der Waals surface area contributed by atoms with E-state index < -0.39 is 40.4 Å². The number of carboxylic acid groups (broad SMARTS) is 1. The SMILES string of the molecule is O=C(CC1(C(=O)O)CCCC1)Nc1ccc(F)c(F)c1F. The highest BCUT2D eigenvalue weighted by Crippen LogP contribution is 2.41. The zero-order valence-corrected chi connectivity index (χ0v) is 11.1. The first-order valence-corrected chi connectivity index (χ1v) is 6.52. The smallest absolute Gasteiger partial charge is 0.310 e. The summed E-state index contributed by atoms with van der Waals surface area (Å²) in [6, 6.07) is 1.59. The van der Waals surface area contributed by atoms with E-state index in [-0.39, 0.29) is 6.42 Å². The Morgan fingerprint density at radius 3 is 2.33 bits per heavy atom. The molecule has 0 unspecified atom stereocenters. The van der Waals surface area contributed by atoms with Gasteiger partial charge in [0.15, 0.2) is 17.5 Å². The molecule has 1 fully saturated rings. The van der Waals surface area contributed by atoms with Crippen molar-refractivity contribution in [2.24, 2.45) is 5.41 Å². The molecule has 0 aromatic heterocycles. The van der Waals surface area contributed by atoms with Crippen LogP contribution in [0.4, 0.5) is 18.9 Å². The summed E-state index contributed by atoms with van der Waals surface area (Å²) in [4.78, 5) is 23.2. The molecule has 2 rings (SSSR count). The average molecular weight is 301 g/mol. The third-order valence-electron chi connectivity index (χ3n) is 3.82. The number of amides is 1. The van der Waals surface area contributed by atoms with Gasteiger partial charge in [-0.05, 0) is 25.0 Å². The van der Waals surface area contributed by atoms with Crippen LogP contribution in [0.1, 0.15) is 32.1 Å². The third kappa shape index (κ3) is 3.01. The molecule has 1 aromatic carbocycles. The van der Waals surface area contributed by atoms with Crippen LogP contribution in [-0.2, 0) is 9.59 Å². The molecule has 1 aliphatic carbocycles. The molecule has 1 aromatic rings. The summed E-state index contributed by atoms with van der Waals surface area (Å²) in [5.41, 5.74) is -1.66. The van der Waals surface area contributed by atoms with Crippen LogP contribution in [0.15, 0.2) is 12.1 Å². The van der Waals surface area contributed by atoms with Gasteiger partial charge in [0.2, 0.25) is 5.91 Å².